The van der Waals surface area contributed by atoms with Crippen LogP contribution in [0, 0.1) is 0 Å². The lowest BCUT2D eigenvalue weighted by molar-refractivity contribution is 0.0923. The standard InChI is InChI=1S/C13H22N4OS/c1-13(2,3)11-10(19-17-16-11)12(18)15-9-7-5-4-6-8(9)14/h8-9H,4-7,14H2,1-3H3,(H,15,18). The van der Waals surface area contributed by atoms with Gasteiger partial charge in [-0.15, -0.1) is 5.10 Å². The van der Waals surface area contributed by atoms with Crippen LogP contribution in [-0.4, -0.2) is 27.6 Å². The van der Waals surface area contributed by atoms with Crippen molar-refractivity contribution >= 4 is 17.4 Å². The maximum atomic E-state index is 12.4. The van der Waals surface area contributed by atoms with Crippen LogP contribution < -0.4 is 11.1 Å². The zero-order chi connectivity index (χ0) is 14.0. The van der Waals surface area contributed by atoms with Crippen LogP contribution in [0.5, 0.6) is 0 Å². The van der Waals surface area contributed by atoms with E-state index in [1.165, 1.54) is 0 Å². The number of nitrogens with one attached hydrogen (secondary N) is 1. The fourth-order valence-corrected chi connectivity index (χ4v) is 3.18. The van der Waals surface area contributed by atoms with E-state index in [4.69, 9.17) is 5.73 Å². The molecule has 2 rings (SSSR count). The largest absolute Gasteiger partial charge is 0.347 e. The molecule has 19 heavy (non-hydrogen) atoms. The van der Waals surface area contributed by atoms with E-state index in [2.05, 4.69) is 14.9 Å². The minimum absolute atomic E-state index is 0.0664. The van der Waals surface area contributed by atoms with Gasteiger partial charge in [-0.25, -0.2) is 0 Å². The first-order chi connectivity index (χ1) is 8.89. The van der Waals surface area contributed by atoms with Gasteiger partial charge in [-0.3, -0.25) is 4.79 Å². The summed E-state index contributed by atoms with van der Waals surface area (Å²) in [4.78, 5) is 13.0. The highest BCUT2D eigenvalue weighted by atomic mass is 32.1. The molecule has 1 heterocycles. The highest BCUT2D eigenvalue weighted by Crippen LogP contribution is 2.26. The van der Waals surface area contributed by atoms with E-state index in [0.717, 1.165) is 42.9 Å². The number of amides is 1. The zero-order valence-electron chi connectivity index (χ0n) is 11.8. The Morgan fingerprint density at radius 2 is 2.05 bits per heavy atom. The van der Waals surface area contributed by atoms with Crippen LogP contribution in [0.15, 0.2) is 0 Å². The Morgan fingerprint density at radius 3 is 2.68 bits per heavy atom. The maximum absolute atomic E-state index is 12.4. The molecular weight excluding hydrogens is 260 g/mol. The molecule has 1 aliphatic rings. The molecule has 2 unspecified atom stereocenters. The first kappa shape index (κ1) is 14.4. The van der Waals surface area contributed by atoms with Crippen LogP contribution in [0.3, 0.4) is 0 Å². The number of nitrogens with two attached hydrogens (primary N) is 1. The van der Waals surface area contributed by atoms with Crippen LogP contribution >= 0.6 is 11.5 Å². The summed E-state index contributed by atoms with van der Waals surface area (Å²) < 4.78 is 3.92. The van der Waals surface area contributed by atoms with Crippen molar-refractivity contribution in [2.75, 3.05) is 0 Å². The molecule has 2 atom stereocenters. The summed E-state index contributed by atoms with van der Waals surface area (Å²) >= 11 is 1.16. The number of aromatic nitrogens is 2. The lowest BCUT2D eigenvalue weighted by Gasteiger charge is -2.29. The van der Waals surface area contributed by atoms with Gasteiger partial charge in [0.15, 0.2) is 0 Å². The molecule has 0 radical (unpaired) electrons. The van der Waals surface area contributed by atoms with Gasteiger partial charge in [0, 0.05) is 17.5 Å². The van der Waals surface area contributed by atoms with Crippen LogP contribution in [0.4, 0.5) is 0 Å². The Labute approximate surface area is 118 Å². The molecule has 0 saturated heterocycles. The summed E-state index contributed by atoms with van der Waals surface area (Å²) in [6.07, 6.45) is 4.23. The van der Waals surface area contributed by atoms with E-state index in [0.29, 0.717) is 4.88 Å². The van der Waals surface area contributed by atoms with Gasteiger partial charge in [-0.1, -0.05) is 38.1 Å². The number of hydrogen-bond donors (Lipinski definition) is 2. The lowest BCUT2D eigenvalue weighted by Crippen LogP contribution is -2.49. The smallest absolute Gasteiger partial charge is 0.265 e. The topological polar surface area (TPSA) is 80.9 Å². The molecule has 0 bridgehead atoms. The van der Waals surface area contributed by atoms with Crippen LogP contribution in [-0.2, 0) is 5.41 Å². The van der Waals surface area contributed by atoms with Gasteiger partial charge < -0.3 is 11.1 Å². The minimum atomic E-state index is -0.172. The Bertz CT molecular complexity index is 452. The van der Waals surface area contributed by atoms with Crippen molar-refractivity contribution in [3.63, 3.8) is 0 Å². The van der Waals surface area contributed by atoms with E-state index in [1.54, 1.807) is 0 Å². The predicted molar refractivity (Wildman–Crippen MR) is 76.3 cm³/mol. The molecule has 1 aliphatic carbocycles. The first-order valence-corrected chi connectivity index (χ1v) is 7.56. The summed E-state index contributed by atoms with van der Waals surface area (Å²) in [5.74, 6) is -0.0812. The Morgan fingerprint density at radius 1 is 1.37 bits per heavy atom. The lowest BCUT2D eigenvalue weighted by atomic mass is 9.90. The van der Waals surface area contributed by atoms with Gasteiger partial charge in [0.05, 0.1) is 5.69 Å². The number of rotatable bonds is 2. The van der Waals surface area contributed by atoms with E-state index in [9.17, 15) is 4.79 Å². The van der Waals surface area contributed by atoms with E-state index >= 15 is 0 Å². The van der Waals surface area contributed by atoms with Gasteiger partial charge in [-0.05, 0) is 24.4 Å². The van der Waals surface area contributed by atoms with Crippen molar-refractivity contribution in [3.8, 4) is 0 Å². The molecule has 6 heteroatoms. The highest BCUT2D eigenvalue weighted by Gasteiger charge is 2.29. The molecule has 5 nitrogen and oxygen atoms in total. The molecular formula is C13H22N4OS. The average Bonchev–Trinajstić information content (AvgIpc) is 2.81. The maximum Gasteiger partial charge on any atom is 0.265 e. The SMILES string of the molecule is CC(C)(C)c1nnsc1C(=O)NC1CCCCC1N. The Kier molecular flexibility index (Phi) is 4.20. The van der Waals surface area contributed by atoms with Gasteiger partial charge in [0.25, 0.3) is 5.91 Å². The van der Waals surface area contributed by atoms with E-state index < -0.39 is 0 Å². The van der Waals surface area contributed by atoms with E-state index in [1.807, 2.05) is 20.8 Å². The van der Waals surface area contributed by atoms with E-state index in [-0.39, 0.29) is 23.4 Å². The summed E-state index contributed by atoms with van der Waals surface area (Å²) in [5.41, 5.74) is 6.65. The normalized spacial score (nSPS) is 24.2. The van der Waals surface area contributed by atoms with Crippen molar-refractivity contribution in [2.24, 2.45) is 5.73 Å². The van der Waals surface area contributed by atoms with Crippen molar-refractivity contribution in [2.45, 2.75) is 64.0 Å². The average molecular weight is 282 g/mol. The van der Waals surface area contributed by atoms with Gasteiger partial charge in [0.1, 0.15) is 4.88 Å². The number of hydrogen-bond acceptors (Lipinski definition) is 5. The summed E-state index contributed by atoms with van der Waals surface area (Å²) in [6.45, 7) is 6.10. The molecule has 0 spiro atoms. The molecule has 1 amide bonds. The number of carbonyl (C=O) groups excluding carboxylic acids is 1. The van der Waals surface area contributed by atoms with Crippen LogP contribution in [0.25, 0.3) is 0 Å². The van der Waals surface area contributed by atoms with Crippen LogP contribution in [0.2, 0.25) is 0 Å². The molecule has 1 aromatic rings. The number of nitrogens with zero attached hydrogens (tertiary/aromatic N) is 2. The quantitative estimate of drug-likeness (QED) is 0.867. The van der Waals surface area contributed by atoms with Crippen molar-refractivity contribution in [1.82, 2.24) is 14.9 Å². The highest BCUT2D eigenvalue weighted by molar-refractivity contribution is 7.08. The summed E-state index contributed by atoms with van der Waals surface area (Å²) in [6, 6.07) is 0.146. The predicted octanol–water partition coefficient (Wildman–Crippen LogP) is 1.84. The van der Waals surface area contributed by atoms with Crippen molar-refractivity contribution in [3.05, 3.63) is 10.6 Å². The van der Waals surface area contributed by atoms with Gasteiger partial charge >= 0.3 is 0 Å². The number of carbonyl (C=O) groups is 1. The Balaban J connectivity index is 2.10. The molecule has 106 valence electrons. The second-order valence-corrected chi connectivity index (χ2v) is 6.98. The van der Waals surface area contributed by atoms with Crippen LogP contribution in [0.1, 0.15) is 61.8 Å². The fraction of sp³-hybridized carbons (Fsp3) is 0.769. The summed E-state index contributed by atoms with van der Waals surface area (Å²) in [5, 5.41) is 7.15. The molecule has 1 fully saturated rings. The second kappa shape index (κ2) is 5.54. The zero-order valence-corrected chi connectivity index (χ0v) is 12.6. The third-order valence-electron chi connectivity index (χ3n) is 3.54. The van der Waals surface area contributed by atoms with Gasteiger partial charge in [-0.2, -0.15) is 0 Å². The molecule has 1 aromatic heterocycles. The van der Waals surface area contributed by atoms with Crippen molar-refractivity contribution < 1.29 is 4.79 Å². The van der Waals surface area contributed by atoms with Gasteiger partial charge in [0.2, 0.25) is 0 Å². The minimum Gasteiger partial charge on any atom is -0.347 e. The third kappa shape index (κ3) is 3.30. The monoisotopic (exact) mass is 282 g/mol. The molecule has 0 aromatic carbocycles. The fourth-order valence-electron chi connectivity index (χ4n) is 2.40. The molecule has 0 aliphatic heterocycles. The Hall–Kier alpha value is -1.01. The second-order valence-electron chi connectivity index (χ2n) is 6.23. The first-order valence-electron chi connectivity index (χ1n) is 6.79. The molecule has 1 saturated carbocycles. The summed E-state index contributed by atoms with van der Waals surface area (Å²) in [7, 11) is 0. The molecule has 3 N–H and O–H groups in total. The third-order valence-corrected chi connectivity index (χ3v) is 4.27. The van der Waals surface area contributed by atoms with Crippen molar-refractivity contribution in [1.29, 1.82) is 0 Å².